The molecule has 0 aromatic heterocycles. The van der Waals surface area contributed by atoms with Crippen molar-refractivity contribution < 1.29 is 9.53 Å². The molecule has 0 N–H and O–H groups in total. The number of ether oxygens (including phenoxy) is 1. The summed E-state index contributed by atoms with van der Waals surface area (Å²) in [4.78, 5) is 14.6. The molecule has 1 amide bonds. The fraction of sp³-hybridized carbons (Fsp3) is 0.450. The summed E-state index contributed by atoms with van der Waals surface area (Å²) in [5.41, 5.74) is 0. The van der Waals surface area contributed by atoms with Crippen molar-refractivity contribution in [3.8, 4) is 5.75 Å². The number of likely N-dealkylation sites (N-methyl/N-ethyl adjacent to an activating group) is 1. The second kappa shape index (κ2) is 7.03. The van der Waals surface area contributed by atoms with E-state index in [4.69, 9.17) is 4.74 Å². The fourth-order valence-corrected chi connectivity index (χ4v) is 3.41. The van der Waals surface area contributed by atoms with Crippen LogP contribution in [0.25, 0.3) is 10.8 Å². The van der Waals surface area contributed by atoms with Gasteiger partial charge in [0.05, 0.1) is 0 Å². The predicted molar refractivity (Wildman–Crippen MR) is 93.7 cm³/mol. The molecule has 2 aromatic carbocycles. The van der Waals surface area contributed by atoms with Gasteiger partial charge in [0.25, 0.3) is 5.91 Å². The molecule has 3 nitrogen and oxygen atoms in total. The first-order valence-corrected chi connectivity index (χ1v) is 8.61. The largest absolute Gasteiger partial charge is 0.481 e. The average molecular weight is 311 g/mol. The Kier molecular flexibility index (Phi) is 4.85. The van der Waals surface area contributed by atoms with Crippen molar-refractivity contribution in [1.29, 1.82) is 0 Å². The van der Waals surface area contributed by atoms with Crippen LogP contribution in [0.3, 0.4) is 0 Å². The van der Waals surface area contributed by atoms with Gasteiger partial charge < -0.3 is 9.64 Å². The maximum Gasteiger partial charge on any atom is 0.263 e. The Hall–Kier alpha value is -2.03. The van der Waals surface area contributed by atoms with Gasteiger partial charge in [0.15, 0.2) is 6.10 Å². The van der Waals surface area contributed by atoms with Crippen LogP contribution in [0.5, 0.6) is 5.75 Å². The summed E-state index contributed by atoms with van der Waals surface area (Å²) >= 11 is 0. The molecule has 0 spiro atoms. The van der Waals surface area contributed by atoms with Crippen LogP contribution in [0.1, 0.15) is 39.0 Å². The van der Waals surface area contributed by atoms with Crippen LogP contribution in [0, 0.1) is 0 Å². The second-order valence-corrected chi connectivity index (χ2v) is 6.41. The molecular weight excluding hydrogens is 286 g/mol. The van der Waals surface area contributed by atoms with E-state index in [-0.39, 0.29) is 5.91 Å². The summed E-state index contributed by atoms with van der Waals surface area (Å²) in [6.07, 6.45) is 4.98. The molecule has 1 saturated carbocycles. The van der Waals surface area contributed by atoms with E-state index in [2.05, 4.69) is 12.1 Å². The Morgan fingerprint density at radius 2 is 1.87 bits per heavy atom. The highest BCUT2D eigenvalue weighted by Gasteiger charge is 2.29. The van der Waals surface area contributed by atoms with E-state index in [0.29, 0.717) is 12.5 Å². The van der Waals surface area contributed by atoms with Gasteiger partial charge in [-0.2, -0.15) is 0 Å². The predicted octanol–water partition coefficient (Wildman–Crippen LogP) is 4.40. The number of amides is 1. The molecule has 23 heavy (non-hydrogen) atoms. The number of rotatable bonds is 5. The minimum absolute atomic E-state index is 0.104. The fourth-order valence-electron chi connectivity index (χ4n) is 3.41. The van der Waals surface area contributed by atoms with Gasteiger partial charge in [0.2, 0.25) is 0 Å². The number of carbonyl (C=O) groups is 1. The van der Waals surface area contributed by atoms with Crippen molar-refractivity contribution in [2.75, 3.05) is 7.05 Å². The molecule has 1 aliphatic rings. The Bertz CT molecular complexity index is 676. The van der Waals surface area contributed by atoms with E-state index in [1.165, 1.54) is 18.2 Å². The van der Waals surface area contributed by atoms with Crippen molar-refractivity contribution in [3.05, 3.63) is 42.5 Å². The Morgan fingerprint density at radius 1 is 1.17 bits per heavy atom. The molecule has 0 bridgehead atoms. The molecule has 0 unspecified atom stereocenters. The van der Waals surface area contributed by atoms with E-state index < -0.39 is 6.10 Å². The Balaban J connectivity index is 1.73. The van der Waals surface area contributed by atoms with Crippen molar-refractivity contribution in [2.24, 2.45) is 0 Å². The molecule has 1 atom stereocenters. The Labute approximate surface area is 138 Å². The third-order valence-corrected chi connectivity index (χ3v) is 4.87. The molecule has 122 valence electrons. The number of nitrogens with zero attached hydrogens (tertiary/aromatic N) is 1. The smallest absolute Gasteiger partial charge is 0.263 e. The van der Waals surface area contributed by atoms with Crippen molar-refractivity contribution in [3.63, 3.8) is 0 Å². The van der Waals surface area contributed by atoms with E-state index >= 15 is 0 Å². The third kappa shape index (κ3) is 3.49. The van der Waals surface area contributed by atoms with Crippen LogP contribution in [0.2, 0.25) is 0 Å². The lowest BCUT2D eigenvalue weighted by Gasteiger charge is -2.28. The van der Waals surface area contributed by atoms with Gasteiger partial charge in [-0.1, -0.05) is 50.1 Å². The quantitative estimate of drug-likeness (QED) is 0.819. The van der Waals surface area contributed by atoms with Gasteiger partial charge in [-0.3, -0.25) is 4.79 Å². The SMILES string of the molecule is CC[C@H](Oc1ccc2ccccc2c1)C(=O)N(C)C1CCCC1. The lowest BCUT2D eigenvalue weighted by atomic mass is 10.1. The summed E-state index contributed by atoms with van der Waals surface area (Å²) in [5.74, 6) is 0.872. The minimum Gasteiger partial charge on any atom is -0.481 e. The van der Waals surface area contributed by atoms with Crippen LogP contribution >= 0.6 is 0 Å². The number of hydrogen-bond donors (Lipinski definition) is 0. The lowest BCUT2D eigenvalue weighted by molar-refractivity contribution is -0.139. The first kappa shape index (κ1) is 15.9. The minimum atomic E-state index is -0.401. The number of hydrogen-bond acceptors (Lipinski definition) is 2. The third-order valence-electron chi connectivity index (χ3n) is 4.87. The number of carbonyl (C=O) groups excluding carboxylic acids is 1. The van der Waals surface area contributed by atoms with E-state index in [1.807, 2.05) is 49.2 Å². The highest BCUT2D eigenvalue weighted by atomic mass is 16.5. The summed E-state index contributed by atoms with van der Waals surface area (Å²) < 4.78 is 6.02. The zero-order valence-electron chi connectivity index (χ0n) is 14.0. The maximum atomic E-state index is 12.7. The molecule has 3 rings (SSSR count). The molecule has 3 heteroatoms. The summed E-state index contributed by atoms with van der Waals surface area (Å²) in [7, 11) is 1.92. The van der Waals surface area contributed by atoms with Crippen molar-refractivity contribution in [2.45, 2.75) is 51.2 Å². The molecule has 2 aromatic rings. The molecule has 1 aliphatic carbocycles. The van der Waals surface area contributed by atoms with Crippen LogP contribution in [-0.4, -0.2) is 30.0 Å². The molecule has 0 heterocycles. The van der Waals surface area contributed by atoms with E-state index in [0.717, 1.165) is 24.0 Å². The molecule has 0 saturated heterocycles. The first-order chi connectivity index (χ1) is 11.2. The van der Waals surface area contributed by atoms with Gasteiger partial charge in [0, 0.05) is 13.1 Å². The molecular formula is C20H25NO2. The average Bonchev–Trinajstić information content (AvgIpc) is 3.13. The van der Waals surface area contributed by atoms with Gasteiger partial charge in [-0.05, 0) is 42.2 Å². The highest BCUT2D eigenvalue weighted by Crippen LogP contribution is 2.25. The van der Waals surface area contributed by atoms with Gasteiger partial charge >= 0.3 is 0 Å². The van der Waals surface area contributed by atoms with E-state index in [9.17, 15) is 4.79 Å². The topological polar surface area (TPSA) is 29.5 Å². The highest BCUT2D eigenvalue weighted by molar-refractivity contribution is 5.84. The van der Waals surface area contributed by atoms with Gasteiger partial charge in [-0.15, -0.1) is 0 Å². The lowest BCUT2D eigenvalue weighted by Crippen LogP contribution is -2.43. The number of fused-ring (bicyclic) bond motifs is 1. The summed E-state index contributed by atoms with van der Waals surface area (Å²) in [6, 6.07) is 14.6. The normalized spacial score (nSPS) is 16.4. The molecule has 0 aliphatic heterocycles. The van der Waals surface area contributed by atoms with Crippen LogP contribution in [0.15, 0.2) is 42.5 Å². The van der Waals surface area contributed by atoms with Crippen LogP contribution < -0.4 is 4.74 Å². The van der Waals surface area contributed by atoms with Crippen molar-refractivity contribution >= 4 is 16.7 Å². The Morgan fingerprint density at radius 3 is 2.57 bits per heavy atom. The maximum absolute atomic E-state index is 12.7. The van der Waals surface area contributed by atoms with E-state index in [1.54, 1.807) is 0 Å². The van der Waals surface area contributed by atoms with Gasteiger partial charge in [0.1, 0.15) is 5.75 Å². The summed E-state index contributed by atoms with van der Waals surface area (Å²) in [5, 5.41) is 2.32. The zero-order chi connectivity index (χ0) is 16.2. The second-order valence-electron chi connectivity index (χ2n) is 6.41. The summed E-state index contributed by atoms with van der Waals surface area (Å²) in [6.45, 7) is 2.01. The molecule has 1 fully saturated rings. The van der Waals surface area contributed by atoms with Gasteiger partial charge in [-0.25, -0.2) is 0 Å². The standard InChI is InChI=1S/C20H25NO2/c1-3-19(20(22)21(2)17-10-6-7-11-17)23-18-13-12-15-8-4-5-9-16(15)14-18/h4-5,8-9,12-14,17,19H,3,6-7,10-11H2,1-2H3/t19-/m0/s1. The van der Waals surface area contributed by atoms with Crippen molar-refractivity contribution in [1.82, 2.24) is 4.90 Å². The number of benzene rings is 2. The van der Waals surface area contributed by atoms with Crippen LogP contribution in [-0.2, 0) is 4.79 Å². The zero-order valence-corrected chi connectivity index (χ0v) is 14.0. The first-order valence-electron chi connectivity index (χ1n) is 8.61. The molecule has 0 radical (unpaired) electrons. The monoisotopic (exact) mass is 311 g/mol. The van der Waals surface area contributed by atoms with Crippen LogP contribution in [0.4, 0.5) is 0 Å².